The molecule has 1 saturated heterocycles. The second kappa shape index (κ2) is 10.3. The van der Waals surface area contributed by atoms with Crippen LogP contribution in [0.15, 0.2) is 42.5 Å². The van der Waals surface area contributed by atoms with Crippen molar-refractivity contribution in [3.63, 3.8) is 0 Å². The van der Waals surface area contributed by atoms with Crippen molar-refractivity contribution in [2.75, 3.05) is 49.9 Å². The topological polar surface area (TPSA) is 64.7 Å². The van der Waals surface area contributed by atoms with Gasteiger partial charge in [0.1, 0.15) is 0 Å². The lowest BCUT2D eigenvalue weighted by atomic mass is 10.2. The molecular weight excluding hydrogens is 445 g/mol. The lowest BCUT2D eigenvalue weighted by molar-refractivity contribution is -0.137. The predicted molar refractivity (Wildman–Crippen MR) is 118 cm³/mol. The zero-order valence-corrected chi connectivity index (χ0v) is 18.3. The quantitative estimate of drug-likeness (QED) is 0.675. The number of amides is 2. The maximum Gasteiger partial charge on any atom is 0.417 e. The van der Waals surface area contributed by atoms with Crippen molar-refractivity contribution in [3.05, 3.63) is 58.6 Å². The maximum absolute atomic E-state index is 13.0. The van der Waals surface area contributed by atoms with Gasteiger partial charge < -0.3 is 10.6 Å². The summed E-state index contributed by atoms with van der Waals surface area (Å²) in [6.45, 7) is 4.57. The summed E-state index contributed by atoms with van der Waals surface area (Å²) in [6, 6.07) is 10.8. The Hall–Kier alpha value is -2.62. The van der Waals surface area contributed by atoms with Crippen LogP contribution in [0.4, 0.5) is 24.5 Å². The lowest BCUT2D eigenvalue weighted by Gasteiger charge is -2.33. The molecule has 1 fully saturated rings. The highest BCUT2D eigenvalue weighted by atomic mass is 35.5. The standard InChI is InChI=1S/C22H24ClF3N4O2/c1-15-4-2-3-5-19(15)28-21(32)14-30-10-8-29(9-11-30)13-20(31)27-16-6-7-18(23)17(12-16)22(24,25)26/h2-7,12H,8-11,13-14H2,1H3,(H,27,31)(H,28,32). The number of piperazine rings is 1. The third kappa shape index (κ3) is 6.69. The van der Waals surface area contributed by atoms with E-state index in [4.69, 9.17) is 11.6 Å². The molecule has 10 heteroatoms. The number of rotatable bonds is 6. The van der Waals surface area contributed by atoms with Crippen molar-refractivity contribution >= 4 is 34.8 Å². The van der Waals surface area contributed by atoms with Crippen LogP contribution in [0.2, 0.25) is 5.02 Å². The number of carbonyl (C=O) groups excluding carboxylic acids is 2. The molecule has 0 spiro atoms. The van der Waals surface area contributed by atoms with Crippen LogP contribution >= 0.6 is 11.6 Å². The van der Waals surface area contributed by atoms with Crippen LogP contribution < -0.4 is 10.6 Å². The summed E-state index contributed by atoms with van der Waals surface area (Å²) in [5, 5.41) is 4.97. The summed E-state index contributed by atoms with van der Waals surface area (Å²) in [7, 11) is 0. The van der Waals surface area contributed by atoms with Crippen molar-refractivity contribution in [1.82, 2.24) is 9.80 Å². The van der Waals surface area contributed by atoms with Crippen molar-refractivity contribution < 1.29 is 22.8 Å². The van der Waals surface area contributed by atoms with Crippen LogP contribution in [0.3, 0.4) is 0 Å². The highest BCUT2D eigenvalue weighted by Gasteiger charge is 2.33. The summed E-state index contributed by atoms with van der Waals surface area (Å²) in [6.07, 6.45) is -4.60. The minimum absolute atomic E-state index is 0.0400. The van der Waals surface area contributed by atoms with E-state index in [1.165, 1.54) is 6.07 Å². The number of para-hydroxylation sites is 1. The number of nitrogens with zero attached hydrogens (tertiary/aromatic N) is 2. The van der Waals surface area contributed by atoms with E-state index in [9.17, 15) is 22.8 Å². The first-order chi connectivity index (χ1) is 15.1. The van der Waals surface area contributed by atoms with E-state index in [1.54, 1.807) is 0 Å². The summed E-state index contributed by atoms with van der Waals surface area (Å²) >= 11 is 5.60. The van der Waals surface area contributed by atoms with Crippen molar-refractivity contribution in [2.45, 2.75) is 13.1 Å². The molecule has 32 heavy (non-hydrogen) atoms. The fourth-order valence-corrected chi connectivity index (χ4v) is 3.66. The van der Waals surface area contributed by atoms with E-state index in [0.29, 0.717) is 26.2 Å². The van der Waals surface area contributed by atoms with Crippen molar-refractivity contribution in [2.24, 2.45) is 0 Å². The lowest BCUT2D eigenvalue weighted by Crippen LogP contribution is -2.50. The molecule has 0 atom stereocenters. The molecule has 0 radical (unpaired) electrons. The summed E-state index contributed by atoms with van der Waals surface area (Å²) in [4.78, 5) is 28.5. The Morgan fingerprint density at radius 1 is 0.938 bits per heavy atom. The molecule has 1 aliphatic rings. The molecule has 2 N–H and O–H groups in total. The highest BCUT2D eigenvalue weighted by molar-refractivity contribution is 6.31. The summed E-state index contributed by atoms with van der Waals surface area (Å²) < 4.78 is 38.9. The third-order valence-electron chi connectivity index (χ3n) is 5.17. The van der Waals surface area contributed by atoms with E-state index in [-0.39, 0.29) is 24.7 Å². The molecule has 2 aromatic rings. The number of hydrogen-bond donors (Lipinski definition) is 2. The zero-order valence-electron chi connectivity index (χ0n) is 17.5. The van der Waals surface area contributed by atoms with Crippen LogP contribution in [0.25, 0.3) is 0 Å². The van der Waals surface area contributed by atoms with E-state index in [0.717, 1.165) is 23.4 Å². The number of hydrogen-bond acceptors (Lipinski definition) is 4. The van der Waals surface area contributed by atoms with Crippen LogP contribution in [0.1, 0.15) is 11.1 Å². The van der Waals surface area contributed by atoms with Crippen LogP contribution in [-0.4, -0.2) is 60.9 Å². The number of halogens is 4. The molecular formula is C22H24ClF3N4O2. The van der Waals surface area contributed by atoms with E-state index >= 15 is 0 Å². The number of alkyl halides is 3. The van der Waals surface area contributed by atoms with E-state index < -0.39 is 22.7 Å². The Labute approximate surface area is 189 Å². The van der Waals surface area contributed by atoms with Gasteiger partial charge in [-0.05, 0) is 36.8 Å². The van der Waals surface area contributed by atoms with Gasteiger partial charge in [-0.15, -0.1) is 0 Å². The minimum atomic E-state index is -4.60. The Morgan fingerprint density at radius 2 is 1.50 bits per heavy atom. The predicted octanol–water partition coefficient (Wildman–Crippen LogP) is 3.86. The van der Waals surface area contributed by atoms with Gasteiger partial charge in [0.25, 0.3) is 0 Å². The van der Waals surface area contributed by atoms with E-state index in [1.807, 2.05) is 41.0 Å². The molecule has 2 amide bonds. The second-order valence-electron chi connectivity index (χ2n) is 7.66. The summed E-state index contributed by atoms with van der Waals surface area (Å²) in [5.41, 5.74) is 0.816. The monoisotopic (exact) mass is 468 g/mol. The van der Waals surface area contributed by atoms with Gasteiger partial charge in [-0.3, -0.25) is 19.4 Å². The molecule has 1 aliphatic heterocycles. The molecule has 0 unspecified atom stereocenters. The molecule has 0 saturated carbocycles. The molecule has 3 rings (SSSR count). The van der Waals surface area contributed by atoms with Gasteiger partial charge in [0, 0.05) is 37.6 Å². The third-order valence-corrected chi connectivity index (χ3v) is 5.50. The number of benzene rings is 2. The summed E-state index contributed by atoms with van der Waals surface area (Å²) in [5.74, 6) is -0.514. The van der Waals surface area contributed by atoms with Crippen LogP contribution in [0.5, 0.6) is 0 Å². The first kappa shape index (κ1) is 24.0. The van der Waals surface area contributed by atoms with Crippen LogP contribution in [0, 0.1) is 6.92 Å². The van der Waals surface area contributed by atoms with Gasteiger partial charge in [0.05, 0.1) is 23.7 Å². The van der Waals surface area contributed by atoms with E-state index in [2.05, 4.69) is 10.6 Å². The number of aryl methyl sites for hydroxylation is 1. The van der Waals surface area contributed by atoms with Gasteiger partial charge in [-0.2, -0.15) is 13.2 Å². The Kier molecular flexibility index (Phi) is 7.76. The first-order valence-corrected chi connectivity index (χ1v) is 10.5. The molecule has 6 nitrogen and oxygen atoms in total. The SMILES string of the molecule is Cc1ccccc1NC(=O)CN1CCN(CC(=O)Nc2ccc(Cl)c(C(F)(F)F)c2)CC1. The maximum atomic E-state index is 13.0. The molecule has 0 bridgehead atoms. The van der Waals surface area contributed by atoms with Crippen molar-refractivity contribution in [3.8, 4) is 0 Å². The van der Waals surface area contributed by atoms with Gasteiger partial charge in [0.15, 0.2) is 0 Å². The zero-order chi connectivity index (χ0) is 23.3. The number of carbonyl (C=O) groups is 2. The smallest absolute Gasteiger partial charge is 0.325 e. The minimum Gasteiger partial charge on any atom is -0.325 e. The van der Waals surface area contributed by atoms with Gasteiger partial charge in [-0.1, -0.05) is 29.8 Å². The highest BCUT2D eigenvalue weighted by Crippen LogP contribution is 2.36. The average Bonchev–Trinajstić information content (AvgIpc) is 2.72. The fourth-order valence-electron chi connectivity index (χ4n) is 3.44. The van der Waals surface area contributed by atoms with Crippen LogP contribution in [-0.2, 0) is 15.8 Å². The second-order valence-corrected chi connectivity index (χ2v) is 8.06. The first-order valence-electron chi connectivity index (χ1n) is 10.1. The largest absolute Gasteiger partial charge is 0.417 e. The number of nitrogens with one attached hydrogen (secondary N) is 2. The Balaban J connectivity index is 1.44. The molecule has 2 aromatic carbocycles. The van der Waals surface area contributed by atoms with Gasteiger partial charge >= 0.3 is 6.18 Å². The van der Waals surface area contributed by atoms with Crippen molar-refractivity contribution in [1.29, 1.82) is 0 Å². The van der Waals surface area contributed by atoms with Gasteiger partial charge in [-0.25, -0.2) is 0 Å². The molecule has 0 aromatic heterocycles. The molecule has 0 aliphatic carbocycles. The molecule has 1 heterocycles. The normalized spacial score (nSPS) is 15.4. The fraction of sp³-hybridized carbons (Fsp3) is 0.364. The Morgan fingerprint density at radius 3 is 2.06 bits per heavy atom. The molecule has 172 valence electrons. The van der Waals surface area contributed by atoms with Gasteiger partial charge in [0.2, 0.25) is 11.8 Å². The Bertz CT molecular complexity index is 976. The number of anilines is 2. The average molecular weight is 469 g/mol.